The first-order chi connectivity index (χ1) is 10.2. The van der Waals surface area contributed by atoms with Gasteiger partial charge in [0.2, 0.25) is 5.89 Å². The van der Waals surface area contributed by atoms with Crippen LogP contribution in [0.5, 0.6) is 5.75 Å². The molecule has 0 aliphatic carbocycles. The first-order valence-electron chi connectivity index (χ1n) is 6.40. The Morgan fingerprint density at radius 1 is 1.10 bits per heavy atom. The van der Waals surface area contributed by atoms with Crippen LogP contribution in [0.1, 0.15) is 5.69 Å². The minimum Gasteiger partial charge on any atom is -0.485 e. The van der Waals surface area contributed by atoms with Gasteiger partial charge in [-0.05, 0) is 36.4 Å². The topological polar surface area (TPSA) is 61.3 Å². The maximum absolute atomic E-state index is 12.9. The van der Waals surface area contributed by atoms with Gasteiger partial charge in [-0.25, -0.2) is 9.37 Å². The fourth-order valence-corrected chi connectivity index (χ4v) is 1.86. The smallest absolute Gasteiger partial charge is 0.226 e. The highest BCUT2D eigenvalue weighted by Gasteiger charge is 2.08. The number of ether oxygens (including phenoxy) is 1. The molecule has 0 atom stereocenters. The van der Waals surface area contributed by atoms with Crippen LogP contribution in [0.15, 0.2) is 59.2 Å². The number of halogens is 1. The van der Waals surface area contributed by atoms with Crippen LogP contribution in [-0.2, 0) is 6.61 Å². The number of hydrogen-bond acceptors (Lipinski definition) is 4. The number of aromatic nitrogens is 1. The minimum atomic E-state index is -0.298. The van der Waals surface area contributed by atoms with Gasteiger partial charge in [-0.2, -0.15) is 0 Å². The second-order valence-electron chi connectivity index (χ2n) is 4.48. The molecule has 4 nitrogen and oxygen atoms in total. The highest BCUT2D eigenvalue weighted by Crippen LogP contribution is 2.22. The predicted molar refractivity (Wildman–Crippen MR) is 77.1 cm³/mol. The van der Waals surface area contributed by atoms with E-state index in [1.54, 1.807) is 24.3 Å². The van der Waals surface area contributed by atoms with Crippen molar-refractivity contribution in [2.24, 2.45) is 0 Å². The van der Waals surface area contributed by atoms with E-state index < -0.39 is 0 Å². The van der Waals surface area contributed by atoms with Gasteiger partial charge in [-0.3, -0.25) is 0 Å². The van der Waals surface area contributed by atoms with E-state index in [0.717, 1.165) is 0 Å². The summed E-state index contributed by atoms with van der Waals surface area (Å²) in [5, 5.41) is 0. The maximum Gasteiger partial charge on any atom is 0.226 e. The summed E-state index contributed by atoms with van der Waals surface area (Å²) in [6, 6.07) is 13.2. The lowest BCUT2D eigenvalue weighted by atomic mass is 10.2. The van der Waals surface area contributed by atoms with E-state index >= 15 is 0 Å². The molecule has 0 saturated carbocycles. The number of nitrogens with zero attached hydrogens (tertiary/aromatic N) is 1. The Labute approximate surface area is 121 Å². The van der Waals surface area contributed by atoms with E-state index in [1.165, 1.54) is 18.4 Å². The summed E-state index contributed by atoms with van der Waals surface area (Å²) in [6.45, 7) is 0.249. The maximum atomic E-state index is 12.9. The van der Waals surface area contributed by atoms with Crippen molar-refractivity contribution >= 4 is 5.69 Å². The highest BCUT2D eigenvalue weighted by molar-refractivity contribution is 5.53. The summed E-state index contributed by atoms with van der Waals surface area (Å²) >= 11 is 0. The standard InChI is InChI=1S/C16H13FN2O2/c17-12-7-5-11(6-8-12)16-19-13(10-21-16)9-20-15-4-2-1-3-14(15)18/h1-8,10H,9,18H2. The van der Waals surface area contributed by atoms with Crippen LogP contribution in [0.4, 0.5) is 10.1 Å². The Morgan fingerprint density at radius 3 is 2.62 bits per heavy atom. The average Bonchev–Trinajstić information content (AvgIpc) is 2.96. The molecular formula is C16H13FN2O2. The fourth-order valence-electron chi connectivity index (χ4n) is 1.86. The molecule has 1 heterocycles. The summed E-state index contributed by atoms with van der Waals surface area (Å²) in [5.41, 5.74) is 7.71. The van der Waals surface area contributed by atoms with Gasteiger partial charge in [-0.15, -0.1) is 0 Å². The molecule has 3 aromatic rings. The van der Waals surface area contributed by atoms with Crippen molar-refractivity contribution in [1.29, 1.82) is 0 Å². The summed E-state index contributed by atoms with van der Waals surface area (Å²) in [5.74, 6) is 0.729. The van der Waals surface area contributed by atoms with Gasteiger partial charge in [0.1, 0.15) is 30.1 Å². The average molecular weight is 284 g/mol. The molecule has 21 heavy (non-hydrogen) atoms. The van der Waals surface area contributed by atoms with Crippen LogP contribution >= 0.6 is 0 Å². The Hall–Kier alpha value is -2.82. The van der Waals surface area contributed by atoms with Gasteiger partial charge in [0.15, 0.2) is 0 Å². The second-order valence-corrected chi connectivity index (χ2v) is 4.48. The van der Waals surface area contributed by atoms with Gasteiger partial charge in [0.05, 0.1) is 5.69 Å². The third kappa shape index (κ3) is 3.02. The van der Waals surface area contributed by atoms with E-state index in [1.807, 2.05) is 12.1 Å². The van der Waals surface area contributed by atoms with Crippen molar-refractivity contribution in [2.75, 3.05) is 5.73 Å². The molecule has 0 amide bonds. The summed E-state index contributed by atoms with van der Waals surface area (Å²) in [6.07, 6.45) is 1.51. The van der Waals surface area contributed by atoms with Crippen molar-refractivity contribution in [3.8, 4) is 17.2 Å². The quantitative estimate of drug-likeness (QED) is 0.743. The minimum absolute atomic E-state index is 0.249. The Kier molecular flexibility index (Phi) is 3.55. The normalized spacial score (nSPS) is 10.5. The number of nitrogen functional groups attached to an aromatic ring is 1. The van der Waals surface area contributed by atoms with Crippen LogP contribution in [-0.4, -0.2) is 4.98 Å². The molecule has 0 spiro atoms. The predicted octanol–water partition coefficient (Wildman–Crippen LogP) is 3.64. The first kappa shape index (κ1) is 13.2. The van der Waals surface area contributed by atoms with E-state index in [4.69, 9.17) is 14.9 Å². The van der Waals surface area contributed by atoms with Crippen molar-refractivity contribution in [2.45, 2.75) is 6.61 Å². The Balaban J connectivity index is 1.71. The molecule has 106 valence electrons. The number of rotatable bonds is 4. The van der Waals surface area contributed by atoms with Crippen LogP contribution < -0.4 is 10.5 Å². The Bertz CT molecular complexity index is 738. The van der Waals surface area contributed by atoms with Gasteiger partial charge >= 0.3 is 0 Å². The molecule has 0 fully saturated rings. The molecule has 0 saturated heterocycles. The lowest BCUT2D eigenvalue weighted by Gasteiger charge is -2.05. The van der Waals surface area contributed by atoms with Crippen LogP contribution in [0.3, 0.4) is 0 Å². The van der Waals surface area contributed by atoms with Crippen molar-refractivity contribution in [3.05, 3.63) is 66.3 Å². The first-order valence-corrected chi connectivity index (χ1v) is 6.40. The number of hydrogen-bond donors (Lipinski definition) is 1. The van der Waals surface area contributed by atoms with E-state index in [0.29, 0.717) is 28.6 Å². The molecule has 0 aliphatic rings. The third-order valence-corrected chi connectivity index (χ3v) is 2.94. The molecule has 5 heteroatoms. The number of anilines is 1. The van der Waals surface area contributed by atoms with Gasteiger partial charge < -0.3 is 14.9 Å². The molecule has 0 bridgehead atoms. The van der Waals surface area contributed by atoms with E-state index in [-0.39, 0.29) is 12.4 Å². The fraction of sp³-hybridized carbons (Fsp3) is 0.0625. The van der Waals surface area contributed by atoms with Gasteiger partial charge in [0.25, 0.3) is 0 Å². The largest absolute Gasteiger partial charge is 0.485 e. The number of nitrogens with two attached hydrogens (primary N) is 1. The molecule has 2 aromatic carbocycles. The molecule has 0 aliphatic heterocycles. The van der Waals surface area contributed by atoms with E-state index in [9.17, 15) is 4.39 Å². The summed E-state index contributed by atoms with van der Waals surface area (Å²) < 4.78 is 23.8. The molecule has 0 unspecified atom stereocenters. The van der Waals surface area contributed by atoms with Crippen LogP contribution in [0, 0.1) is 5.82 Å². The van der Waals surface area contributed by atoms with Crippen molar-refractivity contribution in [3.63, 3.8) is 0 Å². The SMILES string of the molecule is Nc1ccccc1OCc1coc(-c2ccc(F)cc2)n1. The van der Waals surface area contributed by atoms with Gasteiger partial charge in [0, 0.05) is 5.56 Å². The Morgan fingerprint density at radius 2 is 1.86 bits per heavy atom. The molecular weight excluding hydrogens is 271 g/mol. The van der Waals surface area contributed by atoms with Gasteiger partial charge in [-0.1, -0.05) is 12.1 Å². The monoisotopic (exact) mass is 284 g/mol. The molecule has 1 aromatic heterocycles. The molecule has 0 radical (unpaired) electrons. The third-order valence-electron chi connectivity index (χ3n) is 2.94. The molecule has 3 rings (SSSR count). The van der Waals surface area contributed by atoms with E-state index in [2.05, 4.69) is 4.98 Å². The lowest BCUT2D eigenvalue weighted by molar-refractivity contribution is 0.302. The highest BCUT2D eigenvalue weighted by atomic mass is 19.1. The second kappa shape index (κ2) is 5.66. The zero-order valence-electron chi connectivity index (χ0n) is 11.1. The van der Waals surface area contributed by atoms with Crippen molar-refractivity contribution in [1.82, 2.24) is 4.98 Å². The zero-order valence-corrected chi connectivity index (χ0v) is 11.1. The molecule has 2 N–H and O–H groups in total. The number of oxazole rings is 1. The summed E-state index contributed by atoms with van der Waals surface area (Å²) in [4.78, 5) is 4.30. The van der Waals surface area contributed by atoms with Crippen LogP contribution in [0.25, 0.3) is 11.5 Å². The van der Waals surface area contributed by atoms with Crippen molar-refractivity contribution < 1.29 is 13.5 Å². The summed E-state index contributed by atoms with van der Waals surface area (Å²) in [7, 11) is 0. The lowest BCUT2D eigenvalue weighted by Crippen LogP contribution is -1.98. The van der Waals surface area contributed by atoms with Crippen LogP contribution in [0.2, 0.25) is 0 Å². The zero-order chi connectivity index (χ0) is 14.7. The number of para-hydroxylation sites is 2. The number of benzene rings is 2.